The maximum atomic E-state index is 14.3. The van der Waals surface area contributed by atoms with Gasteiger partial charge in [-0.2, -0.15) is 4.98 Å². The first kappa shape index (κ1) is 33.3. The van der Waals surface area contributed by atoms with Crippen LogP contribution in [0.4, 0.5) is 4.79 Å². The van der Waals surface area contributed by atoms with Gasteiger partial charge in [0.2, 0.25) is 17.7 Å². The fraction of sp³-hybridized carbons (Fsp3) is 0.500. The maximum absolute atomic E-state index is 14.3. The van der Waals surface area contributed by atoms with E-state index in [1.807, 2.05) is 29.7 Å². The molecular weight excluding hydrogens is 636 g/mol. The quantitative estimate of drug-likeness (QED) is 0.327. The summed E-state index contributed by atoms with van der Waals surface area (Å²) in [6, 6.07) is 5.27. The Morgan fingerprint density at radius 3 is 2.73 bits per heavy atom. The normalized spacial score (nSPS) is 27.1. The summed E-state index contributed by atoms with van der Waals surface area (Å²) in [5, 5.41) is 18.2. The average Bonchev–Trinajstić information content (AvgIpc) is 3.33. The lowest BCUT2D eigenvalue weighted by atomic mass is 10.0. The molecule has 3 amide bonds. The predicted octanol–water partition coefficient (Wildman–Crippen LogP) is 4.47. The van der Waals surface area contributed by atoms with Crippen molar-refractivity contribution in [2.75, 3.05) is 6.54 Å². The number of amides is 3. The van der Waals surface area contributed by atoms with Crippen molar-refractivity contribution in [1.29, 1.82) is 0 Å². The lowest BCUT2D eigenvalue weighted by molar-refractivity contribution is -0.145. The number of thiophene rings is 1. The van der Waals surface area contributed by atoms with Gasteiger partial charge in [0.05, 0.1) is 11.9 Å². The second-order valence-corrected chi connectivity index (χ2v) is 14.4. The highest BCUT2D eigenvalue weighted by Crippen LogP contribution is 2.45. The first-order chi connectivity index (χ1) is 22.9. The molecule has 5 atom stereocenters. The Labute approximate surface area is 282 Å². The van der Waals surface area contributed by atoms with Crippen LogP contribution in [0.15, 0.2) is 48.0 Å². The minimum absolute atomic E-state index is 0.0153. The molecule has 3 aliphatic rings. The van der Waals surface area contributed by atoms with Crippen LogP contribution in [-0.2, 0) is 19.1 Å². The number of aromatic nitrogens is 3. The topological polar surface area (TPSA) is 173 Å². The van der Waals surface area contributed by atoms with Gasteiger partial charge in [-0.1, -0.05) is 31.1 Å². The molecule has 0 aromatic carbocycles. The van der Waals surface area contributed by atoms with Crippen LogP contribution in [-0.4, -0.2) is 84.7 Å². The number of carboxylic acids is 1. The first-order valence-electron chi connectivity index (χ1n) is 16.3. The van der Waals surface area contributed by atoms with Crippen LogP contribution in [0.5, 0.6) is 5.88 Å². The Kier molecular flexibility index (Phi) is 9.37. The summed E-state index contributed by atoms with van der Waals surface area (Å²) in [6.07, 6.45) is 7.79. The van der Waals surface area contributed by atoms with Crippen molar-refractivity contribution < 1.29 is 33.8 Å². The number of nitrogens with zero attached hydrogens (tertiary/aromatic N) is 4. The minimum atomic E-state index is -1.44. The zero-order chi connectivity index (χ0) is 34.1. The number of aliphatic carboxylic acids is 1. The molecule has 0 radical (unpaired) electrons. The molecule has 2 aliphatic heterocycles. The fourth-order valence-electron chi connectivity index (χ4n) is 6.28. The summed E-state index contributed by atoms with van der Waals surface area (Å²) in [5.74, 6) is -1.85. The summed E-state index contributed by atoms with van der Waals surface area (Å²) in [5.41, 5.74) is -1.66. The van der Waals surface area contributed by atoms with Gasteiger partial charge >= 0.3 is 12.1 Å². The highest BCUT2D eigenvalue weighted by atomic mass is 32.1. The van der Waals surface area contributed by atoms with Gasteiger partial charge in [0.1, 0.15) is 39.9 Å². The lowest BCUT2D eigenvalue weighted by Crippen LogP contribution is -2.56. The number of carbonyl (C=O) groups excluding carboxylic acids is 3. The Hall–Kier alpha value is -4.59. The zero-order valence-corrected chi connectivity index (χ0v) is 28.0. The standard InChI is InChI=1S/C34H40N6O7S/c1-33(2,3)47-32(45)36-24-13-8-6-4-5-7-11-20-18-34(20,31(43)44)39-27(41)25-17-21(19-40(25)30(24)42)46-28-22-14-16-48-29(22)38-26(37-28)23-12-9-10-15-35-23/h7,9-12,14-16,20-21,24-25H,4-6,8,13,17-19H2,1-3H3,(H,36,45)(H,39,41)(H,43,44)/b11-7-/t20-,21-,24+,25+,34-/m1/s1. The molecule has 5 heterocycles. The number of carbonyl (C=O) groups is 4. The van der Waals surface area contributed by atoms with Crippen molar-refractivity contribution in [3.63, 3.8) is 0 Å². The summed E-state index contributed by atoms with van der Waals surface area (Å²) in [4.78, 5) is 69.3. The largest absolute Gasteiger partial charge is 0.479 e. The SMILES string of the molecule is CC(C)(C)OC(=O)N[C@H]1CCCCC/C=C\[C@@H]2C[C@@]2(C(=O)O)NC(=O)[C@@H]2C[C@@H](Oc3nc(-c4ccccn4)nc4sccc34)CN2C1=O. The van der Waals surface area contributed by atoms with E-state index in [4.69, 9.17) is 9.47 Å². The number of fused-ring (bicyclic) bond motifs is 3. The number of allylic oxidation sites excluding steroid dienone is 1. The number of hydrogen-bond acceptors (Lipinski definition) is 10. The molecule has 48 heavy (non-hydrogen) atoms. The van der Waals surface area contributed by atoms with Gasteiger partial charge in [0, 0.05) is 18.5 Å². The van der Waals surface area contributed by atoms with Crippen LogP contribution in [0.3, 0.4) is 0 Å². The Balaban J connectivity index is 1.31. The first-order valence-corrected chi connectivity index (χ1v) is 17.2. The zero-order valence-electron chi connectivity index (χ0n) is 27.2. The Morgan fingerprint density at radius 1 is 1.15 bits per heavy atom. The number of ether oxygens (including phenoxy) is 2. The molecule has 6 rings (SSSR count). The number of alkyl carbamates (subject to hydrolysis) is 1. The molecule has 3 N–H and O–H groups in total. The number of pyridine rings is 1. The summed E-state index contributed by atoms with van der Waals surface area (Å²) in [6.45, 7) is 5.23. The molecule has 0 unspecified atom stereocenters. The minimum Gasteiger partial charge on any atom is -0.479 e. The average molecular weight is 677 g/mol. The molecule has 1 saturated carbocycles. The van der Waals surface area contributed by atoms with Gasteiger partial charge in [0.15, 0.2) is 5.82 Å². The molecule has 14 heteroatoms. The van der Waals surface area contributed by atoms with Crippen molar-refractivity contribution in [2.45, 2.75) is 95.0 Å². The molecule has 1 aliphatic carbocycles. The number of nitrogens with one attached hydrogen (secondary N) is 2. The third-order valence-corrected chi connectivity index (χ3v) is 9.58. The maximum Gasteiger partial charge on any atom is 0.408 e. The van der Waals surface area contributed by atoms with E-state index in [0.717, 1.165) is 19.3 Å². The second kappa shape index (κ2) is 13.5. The van der Waals surface area contributed by atoms with E-state index >= 15 is 0 Å². The van der Waals surface area contributed by atoms with E-state index in [0.29, 0.717) is 40.5 Å². The van der Waals surface area contributed by atoms with Crippen LogP contribution in [0.25, 0.3) is 21.7 Å². The van der Waals surface area contributed by atoms with E-state index in [1.54, 1.807) is 39.1 Å². The van der Waals surface area contributed by atoms with Gasteiger partial charge in [-0.15, -0.1) is 11.3 Å². The van der Waals surface area contributed by atoms with E-state index in [9.17, 15) is 24.3 Å². The van der Waals surface area contributed by atoms with Gasteiger partial charge in [0.25, 0.3) is 0 Å². The van der Waals surface area contributed by atoms with Crippen molar-refractivity contribution in [2.24, 2.45) is 5.92 Å². The molecule has 13 nitrogen and oxygen atoms in total. The predicted molar refractivity (Wildman–Crippen MR) is 177 cm³/mol. The smallest absolute Gasteiger partial charge is 0.408 e. The van der Waals surface area contributed by atoms with Crippen LogP contribution in [0.2, 0.25) is 0 Å². The number of carboxylic acid groups (broad SMARTS) is 1. The van der Waals surface area contributed by atoms with E-state index in [-0.39, 0.29) is 25.3 Å². The van der Waals surface area contributed by atoms with E-state index < -0.39 is 53.2 Å². The summed E-state index contributed by atoms with van der Waals surface area (Å²) >= 11 is 1.42. The molecule has 254 valence electrons. The monoisotopic (exact) mass is 676 g/mol. The third kappa shape index (κ3) is 7.28. The lowest BCUT2D eigenvalue weighted by Gasteiger charge is -2.30. The fourth-order valence-corrected chi connectivity index (χ4v) is 7.04. The molecule has 3 aromatic heterocycles. The van der Waals surface area contributed by atoms with Gasteiger partial charge in [-0.25, -0.2) is 14.6 Å². The summed E-state index contributed by atoms with van der Waals surface area (Å²) in [7, 11) is 0. The van der Waals surface area contributed by atoms with Crippen LogP contribution >= 0.6 is 11.3 Å². The molecule has 0 bridgehead atoms. The molecular formula is C34H40N6O7S. The van der Waals surface area contributed by atoms with Crippen molar-refractivity contribution in [3.05, 3.63) is 48.0 Å². The highest BCUT2D eigenvalue weighted by Gasteiger charge is 2.61. The number of rotatable bonds is 5. The third-order valence-electron chi connectivity index (χ3n) is 8.77. The van der Waals surface area contributed by atoms with Crippen LogP contribution in [0, 0.1) is 5.92 Å². The molecule has 2 fully saturated rings. The number of hydrogen-bond donors (Lipinski definition) is 3. The Bertz CT molecular complexity index is 1720. The highest BCUT2D eigenvalue weighted by molar-refractivity contribution is 7.16. The molecule has 1 saturated heterocycles. The van der Waals surface area contributed by atoms with E-state index in [1.165, 1.54) is 16.2 Å². The van der Waals surface area contributed by atoms with Gasteiger partial charge in [-0.3, -0.25) is 14.6 Å². The Morgan fingerprint density at radius 2 is 1.98 bits per heavy atom. The second-order valence-electron chi connectivity index (χ2n) is 13.5. The molecule has 0 spiro atoms. The summed E-state index contributed by atoms with van der Waals surface area (Å²) < 4.78 is 11.9. The van der Waals surface area contributed by atoms with Crippen molar-refractivity contribution >= 4 is 45.4 Å². The van der Waals surface area contributed by atoms with E-state index in [2.05, 4.69) is 25.6 Å². The van der Waals surface area contributed by atoms with Gasteiger partial charge in [-0.05, 0) is 70.0 Å². The van der Waals surface area contributed by atoms with Crippen LogP contribution < -0.4 is 15.4 Å². The van der Waals surface area contributed by atoms with Gasteiger partial charge < -0.3 is 30.1 Å². The van der Waals surface area contributed by atoms with Crippen molar-refractivity contribution in [1.82, 2.24) is 30.5 Å². The van der Waals surface area contributed by atoms with Crippen LogP contribution in [0.1, 0.15) is 65.7 Å². The van der Waals surface area contributed by atoms with Crippen molar-refractivity contribution in [3.8, 4) is 17.4 Å². The molecule has 3 aromatic rings.